The number of nitrogens with zero attached hydrogens (tertiary/aromatic N) is 2. The highest BCUT2D eigenvalue weighted by Crippen LogP contribution is 2.37. The van der Waals surface area contributed by atoms with Crippen molar-refractivity contribution < 1.29 is 19.1 Å². The zero-order valence-corrected chi connectivity index (χ0v) is 17.2. The number of carbonyl (C=O) groups is 3. The minimum Gasteiger partial charge on any atom is -0.452 e. The number of hydrogen-bond acceptors (Lipinski definition) is 5. The first-order valence-corrected chi connectivity index (χ1v) is 10.1. The molecule has 0 spiro atoms. The molecule has 0 saturated carbocycles. The molecule has 4 rings (SSSR count). The van der Waals surface area contributed by atoms with Gasteiger partial charge in [-0.1, -0.05) is 29.8 Å². The van der Waals surface area contributed by atoms with E-state index in [1.54, 1.807) is 19.2 Å². The lowest BCUT2D eigenvalue weighted by atomic mass is 10.1. The first kappa shape index (κ1) is 19.9. The maximum Gasteiger partial charge on any atom is 0.338 e. The Morgan fingerprint density at radius 2 is 1.97 bits per heavy atom. The van der Waals surface area contributed by atoms with Crippen LogP contribution in [-0.2, 0) is 20.9 Å². The third kappa shape index (κ3) is 4.01. The van der Waals surface area contributed by atoms with E-state index >= 15 is 0 Å². The van der Waals surface area contributed by atoms with Crippen LogP contribution >= 0.6 is 0 Å². The summed E-state index contributed by atoms with van der Waals surface area (Å²) in [4.78, 5) is 40.6. The molecule has 30 heavy (non-hydrogen) atoms. The number of ether oxygens (including phenoxy) is 1. The van der Waals surface area contributed by atoms with E-state index in [1.807, 2.05) is 37.3 Å². The quantitative estimate of drug-likeness (QED) is 0.771. The lowest BCUT2D eigenvalue weighted by molar-refractivity contribution is -0.133. The first-order chi connectivity index (χ1) is 14.4. The molecule has 1 saturated heterocycles. The second-order valence-electron chi connectivity index (χ2n) is 7.88. The van der Waals surface area contributed by atoms with E-state index in [0.29, 0.717) is 17.8 Å². The number of likely N-dealkylation sites (N-methyl/N-ethyl adjacent to an activating group) is 1. The molecule has 1 fully saturated rings. The van der Waals surface area contributed by atoms with E-state index in [0.717, 1.165) is 36.2 Å². The molecule has 7 heteroatoms. The predicted octanol–water partition coefficient (Wildman–Crippen LogP) is 2.73. The predicted molar refractivity (Wildman–Crippen MR) is 113 cm³/mol. The zero-order valence-electron chi connectivity index (χ0n) is 17.2. The minimum absolute atomic E-state index is 0.0431. The molecule has 2 aliphatic heterocycles. The van der Waals surface area contributed by atoms with Crippen molar-refractivity contribution in [2.45, 2.75) is 32.4 Å². The second-order valence-corrected chi connectivity index (χ2v) is 7.88. The number of rotatable bonds is 5. The molecule has 0 aliphatic carbocycles. The van der Waals surface area contributed by atoms with Crippen molar-refractivity contribution in [2.24, 2.45) is 0 Å². The lowest BCUT2D eigenvalue weighted by Gasteiger charge is -2.33. The van der Waals surface area contributed by atoms with E-state index in [2.05, 4.69) is 10.2 Å². The summed E-state index contributed by atoms with van der Waals surface area (Å²) in [5, 5.41) is 2.88. The monoisotopic (exact) mass is 407 g/mol. The fourth-order valence-corrected chi connectivity index (χ4v) is 3.93. The number of fused-ring (bicyclic) bond motifs is 3. The summed E-state index contributed by atoms with van der Waals surface area (Å²) in [6.45, 7) is 2.95. The molecule has 0 aromatic heterocycles. The van der Waals surface area contributed by atoms with Crippen molar-refractivity contribution in [3.05, 3.63) is 59.2 Å². The SMILES string of the molecule is Cc1ccc(CN(C)C(=O)COC(=O)c2ccc3c(c2)NC(=O)[C@@H]2CCCN32)cc1. The van der Waals surface area contributed by atoms with E-state index in [9.17, 15) is 14.4 Å². The van der Waals surface area contributed by atoms with Crippen molar-refractivity contribution >= 4 is 29.2 Å². The van der Waals surface area contributed by atoms with Gasteiger partial charge in [0.05, 0.1) is 16.9 Å². The summed E-state index contributed by atoms with van der Waals surface area (Å²) < 4.78 is 5.22. The van der Waals surface area contributed by atoms with Crippen LogP contribution in [0.4, 0.5) is 11.4 Å². The van der Waals surface area contributed by atoms with Crippen LogP contribution in [0, 0.1) is 6.92 Å². The van der Waals surface area contributed by atoms with Gasteiger partial charge >= 0.3 is 5.97 Å². The molecule has 0 radical (unpaired) electrons. The minimum atomic E-state index is -0.590. The van der Waals surface area contributed by atoms with Gasteiger partial charge in [0.2, 0.25) is 5.91 Å². The Kier molecular flexibility index (Phi) is 5.44. The van der Waals surface area contributed by atoms with Gasteiger partial charge in [0, 0.05) is 20.1 Å². The topological polar surface area (TPSA) is 79.0 Å². The molecule has 156 valence electrons. The molecule has 1 N–H and O–H groups in total. The number of anilines is 2. The Bertz CT molecular complexity index is 986. The summed E-state index contributed by atoms with van der Waals surface area (Å²) in [7, 11) is 1.68. The maximum atomic E-state index is 12.4. The third-order valence-corrected chi connectivity index (χ3v) is 5.65. The number of esters is 1. The fraction of sp³-hybridized carbons (Fsp3) is 0.348. The van der Waals surface area contributed by atoms with Crippen molar-refractivity contribution in [1.82, 2.24) is 4.90 Å². The second kappa shape index (κ2) is 8.18. The molecule has 0 unspecified atom stereocenters. The Balaban J connectivity index is 1.36. The van der Waals surface area contributed by atoms with Gasteiger partial charge in [0.25, 0.3) is 5.91 Å². The van der Waals surface area contributed by atoms with E-state index in [4.69, 9.17) is 4.74 Å². The molecule has 2 aliphatic rings. The summed E-state index contributed by atoms with van der Waals surface area (Å²) >= 11 is 0. The van der Waals surface area contributed by atoms with Crippen LogP contribution in [0.3, 0.4) is 0 Å². The third-order valence-electron chi connectivity index (χ3n) is 5.65. The first-order valence-electron chi connectivity index (χ1n) is 10.1. The van der Waals surface area contributed by atoms with Gasteiger partial charge in [-0.05, 0) is 43.5 Å². The Hall–Kier alpha value is -3.35. The molecule has 7 nitrogen and oxygen atoms in total. The van der Waals surface area contributed by atoms with Gasteiger partial charge in [-0.25, -0.2) is 4.79 Å². The number of carbonyl (C=O) groups excluding carboxylic acids is 3. The van der Waals surface area contributed by atoms with Gasteiger partial charge < -0.3 is 19.9 Å². The molecular weight excluding hydrogens is 382 g/mol. The van der Waals surface area contributed by atoms with Crippen LogP contribution in [0.25, 0.3) is 0 Å². The van der Waals surface area contributed by atoms with Crippen LogP contribution in [0.5, 0.6) is 0 Å². The average Bonchev–Trinajstić information content (AvgIpc) is 3.24. The summed E-state index contributed by atoms with van der Waals surface area (Å²) in [5.41, 5.74) is 4.00. The molecule has 0 bridgehead atoms. The Labute approximate surface area is 175 Å². The van der Waals surface area contributed by atoms with Crippen molar-refractivity contribution in [3.63, 3.8) is 0 Å². The molecule has 2 heterocycles. The highest BCUT2D eigenvalue weighted by molar-refractivity contribution is 6.05. The van der Waals surface area contributed by atoms with Gasteiger partial charge in [0.15, 0.2) is 6.61 Å². The molecule has 2 aromatic rings. The van der Waals surface area contributed by atoms with E-state index in [-0.39, 0.29) is 24.5 Å². The van der Waals surface area contributed by atoms with Crippen LogP contribution in [0.1, 0.15) is 34.3 Å². The van der Waals surface area contributed by atoms with Crippen LogP contribution in [-0.4, -0.2) is 48.9 Å². The zero-order chi connectivity index (χ0) is 21.3. The van der Waals surface area contributed by atoms with Crippen molar-refractivity contribution in [2.75, 3.05) is 30.4 Å². The summed E-state index contributed by atoms with van der Waals surface area (Å²) in [6.07, 6.45) is 1.81. The van der Waals surface area contributed by atoms with Crippen molar-refractivity contribution in [1.29, 1.82) is 0 Å². The number of amides is 2. The molecule has 2 aromatic carbocycles. The van der Waals surface area contributed by atoms with Gasteiger partial charge in [-0.2, -0.15) is 0 Å². The average molecular weight is 407 g/mol. The van der Waals surface area contributed by atoms with Gasteiger partial charge in [-0.3, -0.25) is 9.59 Å². The highest BCUT2D eigenvalue weighted by Gasteiger charge is 2.36. The highest BCUT2D eigenvalue weighted by atomic mass is 16.5. The number of hydrogen-bond donors (Lipinski definition) is 1. The number of nitrogens with one attached hydrogen (secondary N) is 1. The van der Waals surface area contributed by atoms with E-state index in [1.165, 1.54) is 4.90 Å². The summed E-state index contributed by atoms with van der Waals surface area (Å²) in [6, 6.07) is 12.9. The fourth-order valence-electron chi connectivity index (χ4n) is 3.93. The van der Waals surface area contributed by atoms with Crippen LogP contribution < -0.4 is 10.2 Å². The van der Waals surface area contributed by atoms with Crippen LogP contribution in [0.15, 0.2) is 42.5 Å². The van der Waals surface area contributed by atoms with Gasteiger partial charge in [-0.15, -0.1) is 0 Å². The van der Waals surface area contributed by atoms with Crippen LogP contribution in [0.2, 0.25) is 0 Å². The molecule has 2 amide bonds. The maximum absolute atomic E-state index is 12.4. The largest absolute Gasteiger partial charge is 0.452 e. The van der Waals surface area contributed by atoms with Crippen molar-refractivity contribution in [3.8, 4) is 0 Å². The smallest absolute Gasteiger partial charge is 0.338 e. The number of aryl methyl sites for hydroxylation is 1. The normalized spacial score (nSPS) is 17.1. The molecular formula is C23H25N3O4. The standard InChI is InChI=1S/C23H25N3O4/c1-15-5-7-16(8-6-15)13-25(2)21(27)14-30-23(29)17-9-10-19-18(12-17)24-22(28)20-4-3-11-26(19)20/h5-10,12,20H,3-4,11,13-14H2,1-2H3,(H,24,28)/t20-/m0/s1. The number of benzene rings is 2. The lowest BCUT2D eigenvalue weighted by Crippen LogP contribution is -2.43. The van der Waals surface area contributed by atoms with Gasteiger partial charge in [0.1, 0.15) is 6.04 Å². The molecule has 1 atom stereocenters. The Morgan fingerprint density at radius 3 is 2.73 bits per heavy atom. The van der Waals surface area contributed by atoms with E-state index < -0.39 is 5.97 Å². The summed E-state index contributed by atoms with van der Waals surface area (Å²) in [5.74, 6) is -0.916. The Morgan fingerprint density at radius 1 is 1.20 bits per heavy atom.